The maximum Gasteiger partial charge on any atom is 0.296 e. The zero-order valence-electron chi connectivity index (χ0n) is 16.1. The number of hydrogen-bond acceptors (Lipinski definition) is 9. The zero-order valence-corrected chi connectivity index (χ0v) is 17.0. The predicted octanol–water partition coefficient (Wildman–Crippen LogP) is 2.71. The summed E-state index contributed by atoms with van der Waals surface area (Å²) in [5, 5.41) is 25.7. The molecule has 0 bridgehead atoms. The second-order valence-corrected chi connectivity index (χ2v) is 6.72. The number of methoxy groups -OCH3 is 1. The van der Waals surface area contributed by atoms with Gasteiger partial charge in [-0.1, -0.05) is 11.8 Å². The Morgan fingerprint density at radius 1 is 1.23 bits per heavy atom. The number of benzene rings is 2. The lowest BCUT2D eigenvalue weighted by atomic mass is 10.2. The third-order valence-corrected chi connectivity index (χ3v) is 4.76. The van der Waals surface area contributed by atoms with Crippen molar-refractivity contribution in [2.45, 2.75) is 12.1 Å². The number of aromatic nitrogens is 4. The highest BCUT2D eigenvalue weighted by Gasteiger charge is 2.18. The van der Waals surface area contributed by atoms with Gasteiger partial charge in [0, 0.05) is 0 Å². The number of tetrazole rings is 1. The molecule has 156 valence electrons. The summed E-state index contributed by atoms with van der Waals surface area (Å²) in [7, 11) is 1.57. The van der Waals surface area contributed by atoms with Crippen LogP contribution in [0.2, 0.25) is 0 Å². The van der Waals surface area contributed by atoms with E-state index in [9.17, 15) is 14.9 Å². The lowest BCUT2D eigenvalue weighted by Gasteiger charge is -2.08. The van der Waals surface area contributed by atoms with Crippen molar-refractivity contribution in [3.63, 3.8) is 0 Å². The minimum atomic E-state index is -0.574. The molecule has 0 aliphatic rings. The van der Waals surface area contributed by atoms with Crippen LogP contribution in [0.1, 0.15) is 6.92 Å². The van der Waals surface area contributed by atoms with Gasteiger partial charge in [-0.2, -0.15) is 4.68 Å². The average molecular weight is 430 g/mol. The first-order valence-electron chi connectivity index (χ1n) is 8.78. The summed E-state index contributed by atoms with van der Waals surface area (Å²) in [5.41, 5.74) is 0.539. The van der Waals surface area contributed by atoms with Crippen molar-refractivity contribution in [3.05, 3.63) is 52.6 Å². The highest BCUT2D eigenvalue weighted by atomic mass is 32.2. The topological polar surface area (TPSA) is 134 Å². The van der Waals surface area contributed by atoms with Gasteiger partial charge in [-0.3, -0.25) is 14.9 Å². The van der Waals surface area contributed by atoms with Gasteiger partial charge in [-0.05, 0) is 53.7 Å². The molecule has 3 rings (SSSR count). The molecule has 0 radical (unpaired) electrons. The van der Waals surface area contributed by atoms with Crippen molar-refractivity contribution in [1.82, 2.24) is 20.2 Å². The lowest BCUT2D eigenvalue weighted by Crippen LogP contribution is -2.15. The van der Waals surface area contributed by atoms with E-state index in [1.54, 1.807) is 44.4 Å². The Kier molecular flexibility index (Phi) is 6.80. The number of amides is 1. The fourth-order valence-corrected chi connectivity index (χ4v) is 3.19. The number of nitrogens with one attached hydrogen (secondary N) is 1. The van der Waals surface area contributed by atoms with E-state index in [0.717, 1.165) is 11.8 Å². The van der Waals surface area contributed by atoms with Crippen LogP contribution in [0.4, 0.5) is 11.4 Å². The van der Waals surface area contributed by atoms with E-state index in [-0.39, 0.29) is 17.1 Å². The first kappa shape index (κ1) is 21.0. The molecule has 12 heteroatoms. The Balaban J connectivity index is 1.67. The number of thioether (sulfide) groups is 1. The molecule has 0 saturated heterocycles. The van der Waals surface area contributed by atoms with Crippen molar-refractivity contribution in [2.75, 3.05) is 24.8 Å². The van der Waals surface area contributed by atoms with Gasteiger partial charge in [0.15, 0.2) is 0 Å². The second kappa shape index (κ2) is 9.69. The zero-order chi connectivity index (χ0) is 21.5. The van der Waals surface area contributed by atoms with Crippen LogP contribution in [-0.4, -0.2) is 50.5 Å². The largest absolute Gasteiger partial charge is 0.497 e. The van der Waals surface area contributed by atoms with Gasteiger partial charge in [0.25, 0.3) is 5.69 Å². The highest BCUT2D eigenvalue weighted by Crippen LogP contribution is 2.29. The van der Waals surface area contributed by atoms with Gasteiger partial charge in [-0.15, -0.1) is 5.10 Å². The Labute approximate surface area is 175 Å². The van der Waals surface area contributed by atoms with Gasteiger partial charge in [0.05, 0.1) is 36.1 Å². The summed E-state index contributed by atoms with van der Waals surface area (Å²) < 4.78 is 11.9. The van der Waals surface area contributed by atoms with Crippen LogP contribution in [0.3, 0.4) is 0 Å². The standard InChI is InChI=1S/C18H18N6O5S/c1-3-29-14-8-9-15(16(10-14)24(26)27)19-17(25)11-30-18-20-21-22-23(18)12-4-6-13(28-2)7-5-12/h4-10H,3,11H2,1-2H3,(H,19,25). The van der Waals surface area contributed by atoms with E-state index >= 15 is 0 Å². The molecule has 0 spiro atoms. The SMILES string of the molecule is CCOc1ccc(NC(=O)CSc2nnnn2-c2ccc(OC)cc2)c([N+](=O)[O-])c1. The maximum atomic E-state index is 12.3. The van der Waals surface area contributed by atoms with Crippen molar-refractivity contribution >= 4 is 29.0 Å². The molecule has 11 nitrogen and oxygen atoms in total. The average Bonchev–Trinajstić information content (AvgIpc) is 3.22. The summed E-state index contributed by atoms with van der Waals surface area (Å²) in [6, 6.07) is 11.4. The van der Waals surface area contributed by atoms with Crippen molar-refractivity contribution in [2.24, 2.45) is 0 Å². The summed E-state index contributed by atoms with van der Waals surface area (Å²) in [5.74, 6) is 0.574. The smallest absolute Gasteiger partial charge is 0.296 e. The number of nitro benzene ring substituents is 1. The van der Waals surface area contributed by atoms with Crippen LogP contribution >= 0.6 is 11.8 Å². The molecular weight excluding hydrogens is 412 g/mol. The maximum absolute atomic E-state index is 12.3. The Bertz CT molecular complexity index is 1040. The van der Waals surface area contributed by atoms with E-state index in [1.807, 2.05) is 0 Å². The van der Waals surface area contributed by atoms with Gasteiger partial charge >= 0.3 is 0 Å². The molecule has 1 heterocycles. The number of carbonyl (C=O) groups excluding carboxylic acids is 1. The Morgan fingerprint density at radius 2 is 1.97 bits per heavy atom. The molecule has 0 saturated carbocycles. The number of nitro groups is 1. The van der Waals surface area contributed by atoms with E-state index in [0.29, 0.717) is 28.9 Å². The van der Waals surface area contributed by atoms with E-state index in [2.05, 4.69) is 20.8 Å². The molecule has 1 aromatic heterocycles. The van der Waals surface area contributed by atoms with Crippen molar-refractivity contribution < 1.29 is 19.2 Å². The molecule has 1 N–H and O–H groups in total. The third kappa shape index (κ3) is 5.03. The fraction of sp³-hybridized carbons (Fsp3) is 0.222. The minimum absolute atomic E-state index is 0.0408. The quantitative estimate of drug-likeness (QED) is 0.309. The number of rotatable bonds is 9. The van der Waals surface area contributed by atoms with Gasteiger partial charge in [0.2, 0.25) is 11.1 Å². The summed E-state index contributed by atoms with van der Waals surface area (Å²) in [4.78, 5) is 23.1. The number of hydrogen-bond donors (Lipinski definition) is 1. The van der Waals surface area contributed by atoms with E-state index in [1.165, 1.54) is 16.8 Å². The number of carbonyl (C=O) groups is 1. The minimum Gasteiger partial charge on any atom is -0.497 e. The van der Waals surface area contributed by atoms with E-state index < -0.39 is 10.8 Å². The second-order valence-electron chi connectivity index (χ2n) is 5.78. The Hall–Kier alpha value is -3.67. The molecule has 0 atom stereocenters. The van der Waals surface area contributed by atoms with Crippen LogP contribution < -0.4 is 14.8 Å². The summed E-state index contributed by atoms with van der Waals surface area (Å²) in [6.45, 7) is 2.15. The van der Waals surface area contributed by atoms with Crippen LogP contribution in [0.25, 0.3) is 5.69 Å². The first-order chi connectivity index (χ1) is 14.5. The summed E-state index contributed by atoms with van der Waals surface area (Å²) in [6.07, 6.45) is 0. The predicted molar refractivity (Wildman–Crippen MR) is 109 cm³/mol. The molecule has 1 amide bonds. The summed E-state index contributed by atoms with van der Waals surface area (Å²) >= 11 is 1.10. The third-order valence-electron chi connectivity index (χ3n) is 3.84. The Morgan fingerprint density at radius 3 is 2.63 bits per heavy atom. The van der Waals surface area contributed by atoms with Crippen LogP contribution in [-0.2, 0) is 4.79 Å². The number of nitrogens with zero attached hydrogens (tertiary/aromatic N) is 5. The van der Waals surface area contributed by atoms with Crippen LogP contribution in [0.5, 0.6) is 11.5 Å². The van der Waals surface area contributed by atoms with Crippen LogP contribution in [0, 0.1) is 10.1 Å². The molecule has 3 aromatic rings. The van der Waals surface area contributed by atoms with Gasteiger partial charge in [0.1, 0.15) is 17.2 Å². The molecule has 0 aliphatic carbocycles. The highest BCUT2D eigenvalue weighted by molar-refractivity contribution is 7.99. The van der Waals surface area contributed by atoms with Gasteiger partial charge in [-0.25, -0.2) is 0 Å². The number of anilines is 1. The normalized spacial score (nSPS) is 10.5. The molecular formula is C18H18N6O5S. The lowest BCUT2D eigenvalue weighted by molar-refractivity contribution is -0.384. The number of ether oxygens (including phenoxy) is 2. The fourth-order valence-electron chi connectivity index (χ4n) is 2.50. The molecule has 0 aliphatic heterocycles. The first-order valence-corrected chi connectivity index (χ1v) is 9.77. The van der Waals surface area contributed by atoms with Crippen molar-refractivity contribution in [3.8, 4) is 17.2 Å². The van der Waals surface area contributed by atoms with Crippen molar-refractivity contribution in [1.29, 1.82) is 0 Å². The molecule has 30 heavy (non-hydrogen) atoms. The van der Waals surface area contributed by atoms with Crippen LogP contribution in [0.15, 0.2) is 47.6 Å². The van der Waals surface area contributed by atoms with E-state index in [4.69, 9.17) is 9.47 Å². The molecule has 0 fully saturated rings. The molecule has 0 unspecified atom stereocenters. The monoisotopic (exact) mass is 430 g/mol. The molecule has 2 aromatic carbocycles. The van der Waals surface area contributed by atoms with Gasteiger partial charge < -0.3 is 14.8 Å².